The Labute approximate surface area is 180 Å². The van der Waals surface area contributed by atoms with Crippen LogP contribution in [0.15, 0.2) is 48.5 Å². The lowest BCUT2D eigenvalue weighted by molar-refractivity contribution is -0.122. The Kier molecular flexibility index (Phi) is 5.28. The molecule has 2 aliphatic heterocycles. The number of carbonyl (C=O) groups is 3. The molecule has 2 unspecified atom stereocenters. The van der Waals surface area contributed by atoms with Crippen LogP contribution in [0.25, 0.3) is 0 Å². The standard InChI is InChI=1S/C23H24ClN3O3/c1-15(16-6-5-7-17(24)14-16)25-20(28)11-13-26-22(30)18-8-3-4-9-19(18)27-21(29)10-12-23(26,27)2/h3-9,14-15H,10-13H2,1-2H3,(H,25,28). The number of rotatable bonds is 5. The fourth-order valence-electron chi connectivity index (χ4n) is 4.43. The average Bonchev–Trinajstić information content (AvgIpc) is 3.03. The van der Waals surface area contributed by atoms with Gasteiger partial charge in [0, 0.05) is 24.4 Å². The van der Waals surface area contributed by atoms with Gasteiger partial charge in [-0.05, 0) is 50.1 Å². The first-order chi connectivity index (χ1) is 14.3. The minimum absolute atomic E-state index is 0.00137. The third kappa shape index (κ3) is 3.45. The summed E-state index contributed by atoms with van der Waals surface area (Å²) in [5.74, 6) is -0.301. The van der Waals surface area contributed by atoms with E-state index in [4.69, 9.17) is 11.6 Å². The Hall–Kier alpha value is -2.86. The lowest BCUT2D eigenvalue weighted by Gasteiger charge is -2.48. The Morgan fingerprint density at radius 3 is 2.73 bits per heavy atom. The van der Waals surface area contributed by atoms with Crippen molar-refractivity contribution >= 4 is 35.0 Å². The second-order valence-corrected chi connectivity index (χ2v) is 8.45. The predicted molar refractivity (Wildman–Crippen MR) is 115 cm³/mol. The molecule has 0 aliphatic carbocycles. The van der Waals surface area contributed by atoms with Crippen molar-refractivity contribution in [2.75, 3.05) is 11.4 Å². The van der Waals surface area contributed by atoms with Crippen LogP contribution in [-0.2, 0) is 9.59 Å². The molecule has 4 rings (SSSR count). The van der Waals surface area contributed by atoms with Gasteiger partial charge in [0.2, 0.25) is 11.8 Å². The van der Waals surface area contributed by atoms with Crippen LogP contribution >= 0.6 is 11.6 Å². The molecule has 0 aromatic heterocycles. The maximum atomic E-state index is 13.2. The zero-order valence-corrected chi connectivity index (χ0v) is 17.8. The second-order valence-electron chi connectivity index (χ2n) is 8.01. The van der Waals surface area contributed by atoms with Crippen LogP contribution in [0.5, 0.6) is 0 Å². The van der Waals surface area contributed by atoms with Gasteiger partial charge in [-0.1, -0.05) is 35.9 Å². The number of benzene rings is 2. The number of halogens is 1. The molecule has 6 nitrogen and oxygen atoms in total. The van der Waals surface area contributed by atoms with Gasteiger partial charge < -0.3 is 10.2 Å². The molecule has 7 heteroatoms. The van der Waals surface area contributed by atoms with Gasteiger partial charge in [-0.15, -0.1) is 0 Å². The number of nitrogens with zero attached hydrogens (tertiary/aromatic N) is 2. The molecule has 0 saturated carbocycles. The minimum Gasteiger partial charge on any atom is -0.350 e. The van der Waals surface area contributed by atoms with Crippen LogP contribution in [0, 0.1) is 0 Å². The summed E-state index contributed by atoms with van der Waals surface area (Å²) in [6, 6.07) is 14.3. The number of hydrogen-bond acceptors (Lipinski definition) is 3. The molecule has 0 bridgehead atoms. The summed E-state index contributed by atoms with van der Waals surface area (Å²) in [6.07, 6.45) is 1.08. The van der Waals surface area contributed by atoms with Crippen molar-refractivity contribution in [3.8, 4) is 0 Å². The van der Waals surface area contributed by atoms with Crippen LogP contribution < -0.4 is 10.2 Å². The number of nitrogens with one attached hydrogen (secondary N) is 1. The Morgan fingerprint density at radius 1 is 1.20 bits per heavy atom. The topological polar surface area (TPSA) is 69.7 Å². The quantitative estimate of drug-likeness (QED) is 0.789. The van der Waals surface area contributed by atoms with Gasteiger partial charge in [-0.2, -0.15) is 0 Å². The molecule has 156 valence electrons. The number of anilines is 1. The van der Waals surface area contributed by atoms with Gasteiger partial charge in [-0.3, -0.25) is 19.3 Å². The number of fused-ring (bicyclic) bond motifs is 3. The zero-order valence-electron chi connectivity index (χ0n) is 17.0. The van der Waals surface area contributed by atoms with E-state index in [-0.39, 0.29) is 36.7 Å². The van der Waals surface area contributed by atoms with E-state index in [0.29, 0.717) is 29.1 Å². The van der Waals surface area contributed by atoms with E-state index in [2.05, 4.69) is 5.32 Å². The lowest BCUT2D eigenvalue weighted by Crippen LogP contribution is -2.62. The Balaban J connectivity index is 1.49. The van der Waals surface area contributed by atoms with Crippen molar-refractivity contribution in [3.05, 3.63) is 64.7 Å². The third-order valence-corrected chi connectivity index (χ3v) is 6.27. The van der Waals surface area contributed by atoms with Gasteiger partial charge in [-0.25, -0.2) is 0 Å². The Bertz CT molecular complexity index is 1020. The molecule has 0 radical (unpaired) electrons. The summed E-state index contributed by atoms with van der Waals surface area (Å²) in [7, 11) is 0. The van der Waals surface area contributed by atoms with Gasteiger partial charge in [0.15, 0.2) is 0 Å². The van der Waals surface area contributed by atoms with E-state index in [1.165, 1.54) is 0 Å². The first-order valence-corrected chi connectivity index (χ1v) is 10.5. The molecule has 1 fully saturated rings. The summed E-state index contributed by atoms with van der Waals surface area (Å²) in [4.78, 5) is 41.8. The number of hydrogen-bond donors (Lipinski definition) is 1. The van der Waals surface area contributed by atoms with Crippen molar-refractivity contribution in [3.63, 3.8) is 0 Å². The smallest absolute Gasteiger partial charge is 0.257 e. The predicted octanol–water partition coefficient (Wildman–Crippen LogP) is 3.91. The average molecular weight is 426 g/mol. The van der Waals surface area contributed by atoms with Crippen LogP contribution in [0.3, 0.4) is 0 Å². The van der Waals surface area contributed by atoms with E-state index in [1.807, 2.05) is 44.2 Å². The molecule has 2 atom stereocenters. The van der Waals surface area contributed by atoms with Crippen molar-refractivity contribution in [1.29, 1.82) is 0 Å². The molecule has 2 aromatic rings. The number of amides is 3. The van der Waals surface area contributed by atoms with Crippen LogP contribution in [0.2, 0.25) is 5.02 Å². The van der Waals surface area contributed by atoms with E-state index in [0.717, 1.165) is 5.56 Å². The van der Waals surface area contributed by atoms with Gasteiger partial charge in [0.05, 0.1) is 17.3 Å². The molecule has 0 spiro atoms. The first kappa shape index (κ1) is 20.4. The van der Waals surface area contributed by atoms with E-state index >= 15 is 0 Å². The van der Waals surface area contributed by atoms with Crippen LogP contribution in [0.4, 0.5) is 5.69 Å². The summed E-state index contributed by atoms with van der Waals surface area (Å²) in [5.41, 5.74) is 1.32. The number of carbonyl (C=O) groups excluding carboxylic acids is 3. The molecule has 1 saturated heterocycles. The van der Waals surface area contributed by atoms with Crippen molar-refractivity contribution in [1.82, 2.24) is 10.2 Å². The minimum atomic E-state index is -0.749. The largest absolute Gasteiger partial charge is 0.350 e. The maximum Gasteiger partial charge on any atom is 0.257 e. The molecular formula is C23H24ClN3O3. The van der Waals surface area contributed by atoms with Gasteiger partial charge in [0.25, 0.3) is 5.91 Å². The summed E-state index contributed by atoms with van der Waals surface area (Å²) in [5, 5.41) is 3.58. The highest BCUT2D eigenvalue weighted by Crippen LogP contribution is 2.43. The summed E-state index contributed by atoms with van der Waals surface area (Å²) in [6.45, 7) is 4.03. The monoisotopic (exact) mass is 425 g/mol. The summed E-state index contributed by atoms with van der Waals surface area (Å²) < 4.78 is 0. The lowest BCUT2D eigenvalue weighted by atomic mass is 9.98. The van der Waals surface area contributed by atoms with E-state index in [9.17, 15) is 14.4 Å². The van der Waals surface area contributed by atoms with Gasteiger partial charge >= 0.3 is 0 Å². The van der Waals surface area contributed by atoms with Crippen molar-refractivity contribution in [2.24, 2.45) is 0 Å². The van der Waals surface area contributed by atoms with Gasteiger partial charge in [0.1, 0.15) is 5.66 Å². The second kappa shape index (κ2) is 7.76. The van der Waals surface area contributed by atoms with Crippen LogP contribution in [0.1, 0.15) is 55.1 Å². The molecule has 2 aromatic carbocycles. The summed E-state index contributed by atoms with van der Waals surface area (Å²) >= 11 is 6.04. The highest BCUT2D eigenvalue weighted by atomic mass is 35.5. The molecule has 2 heterocycles. The Morgan fingerprint density at radius 2 is 1.97 bits per heavy atom. The zero-order chi connectivity index (χ0) is 21.5. The fraction of sp³-hybridized carbons (Fsp3) is 0.348. The number of para-hydroxylation sites is 1. The highest BCUT2D eigenvalue weighted by Gasteiger charge is 2.52. The first-order valence-electron chi connectivity index (χ1n) is 10.1. The molecular weight excluding hydrogens is 402 g/mol. The van der Waals surface area contributed by atoms with Crippen molar-refractivity contribution in [2.45, 2.75) is 44.8 Å². The SMILES string of the molecule is CC(NC(=O)CCN1C(=O)c2ccccc2N2C(=O)CCC12C)c1cccc(Cl)c1. The normalized spacial score (nSPS) is 21.3. The molecule has 2 aliphatic rings. The maximum absolute atomic E-state index is 13.2. The molecule has 3 amide bonds. The van der Waals surface area contributed by atoms with E-state index < -0.39 is 5.66 Å². The molecule has 30 heavy (non-hydrogen) atoms. The molecule has 1 N–H and O–H groups in total. The fourth-order valence-corrected chi connectivity index (χ4v) is 4.63. The van der Waals surface area contributed by atoms with E-state index in [1.54, 1.807) is 28.0 Å². The van der Waals surface area contributed by atoms with Crippen LogP contribution in [-0.4, -0.2) is 34.8 Å². The highest BCUT2D eigenvalue weighted by molar-refractivity contribution is 6.30. The third-order valence-electron chi connectivity index (χ3n) is 6.03. The van der Waals surface area contributed by atoms with Crippen molar-refractivity contribution < 1.29 is 14.4 Å².